The summed E-state index contributed by atoms with van der Waals surface area (Å²) in [4.78, 5) is 10.2. The van der Waals surface area contributed by atoms with Crippen LogP contribution >= 0.6 is 0 Å². The lowest BCUT2D eigenvalue weighted by molar-refractivity contribution is 0.128. The third-order valence-electron chi connectivity index (χ3n) is 1.24. The standard InChI is InChI=1S/C7H9BN2O4/c9-7(11)10-14-8(12)13-6-4-2-1-3-5-6/h1-5,12H,(H3,9,10,11). The molecular formula is C7H9BN2O4. The van der Waals surface area contributed by atoms with Crippen molar-refractivity contribution in [2.45, 2.75) is 0 Å². The number of nitrogens with two attached hydrogens (primary N) is 1. The van der Waals surface area contributed by atoms with E-state index >= 15 is 0 Å². The first-order valence-electron chi connectivity index (χ1n) is 3.79. The number of urea groups is 1. The van der Waals surface area contributed by atoms with Gasteiger partial charge in [-0.1, -0.05) is 18.2 Å². The number of hydroxylamine groups is 1. The van der Waals surface area contributed by atoms with E-state index < -0.39 is 13.4 Å². The molecular weight excluding hydrogens is 187 g/mol. The number of amides is 2. The van der Waals surface area contributed by atoms with Gasteiger partial charge in [-0.2, -0.15) is 0 Å². The van der Waals surface area contributed by atoms with Crippen molar-refractivity contribution < 1.29 is 19.2 Å². The summed E-state index contributed by atoms with van der Waals surface area (Å²) in [6.45, 7) is 0. The van der Waals surface area contributed by atoms with Gasteiger partial charge in [-0.25, -0.2) is 10.3 Å². The van der Waals surface area contributed by atoms with Crippen molar-refractivity contribution in [2.24, 2.45) is 5.73 Å². The van der Waals surface area contributed by atoms with E-state index in [1.165, 1.54) is 0 Å². The number of nitrogens with one attached hydrogen (secondary N) is 1. The van der Waals surface area contributed by atoms with Crippen molar-refractivity contribution in [3.63, 3.8) is 0 Å². The predicted octanol–water partition coefficient (Wildman–Crippen LogP) is -0.358. The third-order valence-corrected chi connectivity index (χ3v) is 1.24. The van der Waals surface area contributed by atoms with Gasteiger partial charge in [0.05, 0.1) is 0 Å². The number of hydrogen-bond acceptors (Lipinski definition) is 4. The minimum absolute atomic E-state index is 0.409. The van der Waals surface area contributed by atoms with Crippen molar-refractivity contribution in [3.05, 3.63) is 30.3 Å². The molecule has 6 nitrogen and oxygen atoms in total. The number of benzene rings is 1. The van der Waals surface area contributed by atoms with Crippen LogP contribution in [0.4, 0.5) is 4.79 Å². The van der Waals surface area contributed by atoms with Gasteiger partial charge >= 0.3 is 13.4 Å². The molecule has 7 heteroatoms. The molecule has 0 aromatic heterocycles. The molecule has 0 fully saturated rings. The first kappa shape index (κ1) is 10.4. The van der Waals surface area contributed by atoms with Crippen LogP contribution in [0.5, 0.6) is 5.75 Å². The zero-order valence-electron chi connectivity index (χ0n) is 7.21. The van der Waals surface area contributed by atoms with Gasteiger partial charge in [0, 0.05) is 0 Å². The lowest BCUT2D eigenvalue weighted by Crippen LogP contribution is -2.39. The third kappa shape index (κ3) is 3.79. The quantitative estimate of drug-likeness (QED) is 0.452. The first-order valence-corrected chi connectivity index (χ1v) is 3.79. The van der Waals surface area contributed by atoms with E-state index in [9.17, 15) is 4.79 Å². The Labute approximate surface area is 80.8 Å². The lowest BCUT2D eigenvalue weighted by Gasteiger charge is -2.08. The number of para-hydroxylation sites is 1. The Balaban J connectivity index is 2.34. The summed E-state index contributed by atoms with van der Waals surface area (Å²) >= 11 is 0. The monoisotopic (exact) mass is 196 g/mol. The molecule has 0 atom stereocenters. The summed E-state index contributed by atoms with van der Waals surface area (Å²) in [5, 5.41) is 9.04. The van der Waals surface area contributed by atoms with Crippen molar-refractivity contribution in [2.75, 3.05) is 0 Å². The minimum atomic E-state index is -1.59. The van der Waals surface area contributed by atoms with Gasteiger partial charge in [-0.05, 0) is 12.1 Å². The highest BCUT2D eigenvalue weighted by Crippen LogP contribution is 2.08. The largest absolute Gasteiger partial charge is 0.733 e. The molecule has 0 aliphatic rings. The lowest BCUT2D eigenvalue weighted by atomic mass is 10.2. The van der Waals surface area contributed by atoms with E-state index in [1.54, 1.807) is 35.8 Å². The zero-order chi connectivity index (χ0) is 10.4. The smallest absolute Gasteiger partial charge is 0.511 e. The molecule has 0 saturated heterocycles. The molecule has 0 spiro atoms. The van der Waals surface area contributed by atoms with E-state index in [4.69, 9.17) is 15.4 Å². The summed E-state index contributed by atoms with van der Waals surface area (Å²) in [6.07, 6.45) is 0. The van der Waals surface area contributed by atoms with Crippen molar-refractivity contribution in [1.29, 1.82) is 0 Å². The maximum absolute atomic E-state index is 10.2. The first-order chi connectivity index (χ1) is 6.68. The van der Waals surface area contributed by atoms with Crippen LogP contribution in [-0.2, 0) is 4.76 Å². The second kappa shape index (κ2) is 5.10. The summed E-state index contributed by atoms with van der Waals surface area (Å²) < 4.78 is 9.14. The molecule has 0 radical (unpaired) electrons. The molecule has 0 heterocycles. The van der Waals surface area contributed by atoms with Crippen LogP contribution in [0, 0.1) is 0 Å². The fraction of sp³-hybridized carbons (Fsp3) is 0. The zero-order valence-corrected chi connectivity index (χ0v) is 7.21. The van der Waals surface area contributed by atoms with Crippen LogP contribution in [0.2, 0.25) is 0 Å². The second-order valence-corrected chi connectivity index (χ2v) is 2.32. The van der Waals surface area contributed by atoms with E-state index in [1.807, 2.05) is 0 Å². The summed E-state index contributed by atoms with van der Waals surface area (Å²) in [5.41, 5.74) is 6.42. The van der Waals surface area contributed by atoms with Crippen molar-refractivity contribution >= 4 is 13.4 Å². The van der Waals surface area contributed by atoms with Gasteiger partial charge in [-0.3, -0.25) is 4.76 Å². The predicted molar refractivity (Wildman–Crippen MR) is 48.8 cm³/mol. The van der Waals surface area contributed by atoms with Crippen LogP contribution in [-0.4, -0.2) is 18.4 Å². The molecule has 0 aliphatic heterocycles. The van der Waals surface area contributed by atoms with Crippen LogP contribution in [0.15, 0.2) is 30.3 Å². The molecule has 74 valence electrons. The molecule has 0 aliphatic carbocycles. The van der Waals surface area contributed by atoms with Gasteiger partial charge in [0.15, 0.2) is 0 Å². The molecule has 0 bridgehead atoms. The van der Waals surface area contributed by atoms with Crippen LogP contribution in [0.1, 0.15) is 0 Å². The number of hydrogen-bond donors (Lipinski definition) is 3. The van der Waals surface area contributed by atoms with E-state index in [0.717, 1.165) is 0 Å². The van der Waals surface area contributed by atoms with Crippen molar-refractivity contribution in [1.82, 2.24) is 5.48 Å². The molecule has 4 N–H and O–H groups in total. The average Bonchev–Trinajstić information content (AvgIpc) is 2.16. The molecule has 1 aromatic carbocycles. The summed E-state index contributed by atoms with van der Waals surface area (Å²) in [5.74, 6) is 0.409. The van der Waals surface area contributed by atoms with E-state index in [-0.39, 0.29) is 0 Å². The Hall–Kier alpha value is -1.73. The molecule has 0 saturated carbocycles. The summed E-state index contributed by atoms with van der Waals surface area (Å²) in [6, 6.07) is 7.57. The van der Waals surface area contributed by atoms with Gasteiger partial charge in [0.1, 0.15) is 5.75 Å². The average molecular weight is 196 g/mol. The van der Waals surface area contributed by atoms with Gasteiger partial charge in [-0.15, -0.1) is 0 Å². The van der Waals surface area contributed by atoms with E-state index in [2.05, 4.69) is 4.76 Å². The number of carbonyl (C=O) groups is 1. The fourth-order valence-corrected chi connectivity index (χ4v) is 0.748. The topological polar surface area (TPSA) is 93.8 Å². The highest BCUT2D eigenvalue weighted by molar-refractivity contribution is 6.35. The number of rotatable bonds is 4. The highest BCUT2D eigenvalue weighted by Gasteiger charge is 2.19. The molecule has 1 rings (SSSR count). The van der Waals surface area contributed by atoms with Crippen LogP contribution in [0.25, 0.3) is 0 Å². The maximum Gasteiger partial charge on any atom is 0.733 e. The summed E-state index contributed by atoms with van der Waals surface area (Å²) in [7, 11) is -1.59. The van der Waals surface area contributed by atoms with Crippen LogP contribution < -0.4 is 15.9 Å². The van der Waals surface area contributed by atoms with Crippen LogP contribution in [0.3, 0.4) is 0 Å². The Bertz CT molecular complexity index is 295. The molecule has 0 unspecified atom stereocenters. The maximum atomic E-state index is 10.2. The molecule has 14 heavy (non-hydrogen) atoms. The molecule has 2 amide bonds. The normalized spacial score (nSPS) is 9.21. The Morgan fingerprint density at radius 1 is 1.43 bits per heavy atom. The Morgan fingerprint density at radius 3 is 2.64 bits per heavy atom. The Kier molecular flexibility index (Phi) is 3.77. The highest BCUT2D eigenvalue weighted by atomic mass is 16.8. The SMILES string of the molecule is NC(=O)NOB(O)Oc1ccccc1. The van der Waals surface area contributed by atoms with Crippen molar-refractivity contribution in [3.8, 4) is 5.75 Å². The minimum Gasteiger partial charge on any atom is -0.511 e. The van der Waals surface area contributed by atoms with Gasteiger partial charge in [0.25, 0.3) is 0 Å². The van der Waals surface area contributed by atoms with Gasteiger partial charge < -0.3 is 15.4 Å². The van der Waals surface area contributed by atoms with E-state index in [0.29, 0.717) is 5.75 Å². The van der Waals surface area contributed by atoms with Gasteiger partial charge in [0.2, 0.25) is 0 Å². The second-order valence-electron chi connectivity index (χ2n) is 2.32. The molecule has 1 aromatic rings. The fourth-order valence-electron chi connectivity index (χ4n) is 0.748. The Morgan fingerprint density at radius 2 is 2.07 bits per heavy atom. The number of primary amides is 1. The number of carbonyl (C=O) groups excluding carboxylic acids is 1.